The van der Waals surface area contributed by atoms with Gasteiger partial charge in [-0.25, -0.2) is 0 Å². The molecule has 1 N–H and O–H groups in total. The zero-order valence-electron chi connectivity index (χ0n) is 13.8. The number of hydrogen-bond donors (Lipinski definition) is 1. The van der Waals surface area contributed by atoms with E-state index < -0.39 is 0 Å². The Hall–Kier alpha value is -3.38. The molecule has 1 amide bonds. The van der Waals surface area contributed by atoms with Gasteiger partial charge in [-0.2, -0.15) is 0 Å². The van der Waals surface area contributed by atoms with E-state index in [0.29, 0.717) is 12.0 Å². The summed E-state index contributed by atoms with van der Waals surface area (Å²) >= 11 is 0. The van der Waals surface area contributed by atoms with Gasteiger partial charge < -0.3 is 5.32 Å². The number of ketones is 1. The van der Waals surface area contributed by atoms with E-state index in [1.807, 2.05) is 60.7 Å². The Morgan fingerprint density at radius 1 is 0.920 bits per heavy atom. The van der Waals surface area contributed by atoms with E-state index in [9.17, 15) is 9.59 Å². The maximum Gasteiger partial charge on any atom is 0.300 e. The molecule has 0 aromatic heterocycles. The van der Waals surface area contributed by atoms with Gasteiger partial charge in [-0.15, -0.1) is 0 Å². The number of carbonyl (C=O) groups excluding carboxylic acids is 2. The lowest BCUT2D eigenvalue weighted by Gasteiger charge is -1.98. The number of para-hydroxylation sites is 1. The molecule has 0 saturated heterocycles. The minimum absolute atomic E-state index is 0.0253. The molecule has 0 radical (unpaired) electrons. The number of benzene rings is 2. The molecule has 25 heavy (non-hydrogen) atoms. The topological polar surface area (TPSA) is 46.2 Å². The summed E-state index contributed by atoms with van der Waals surface area (Å²) in [4.78, 5) is 23.4. The molecule has 0 atom stereocenters. The molecule has 0 heterocycles. The summed E-state index contributed by atoms with van der Waals surface area (Å²) in [6.45, 7) is 0. The van der Waals surface area contributed by atoms with Crippen LogP contribution in [0.15, 0.2) is 85.0 Å². The van der Waals surface area contributed by atoms with E-state index in [1.54, 1.807) is 18.2 Å². The summed E-state index contributed by atoms with van der Waals surface area (Å²) in [5, 5.41) is 2.70. The van der Waals surface area contributed by atoms with Gasteiger partial charge in [0, 0.05) is 17.7 Å². The molecule has 0 bridgehead atoms. The van der Waals surface area contributed by atoms with Crippen LogP contribution in [0.2, 0.25) is 0 Å². The first-order chi connectivity index (χ1) is 12.3. The average Bonchev–Trinajstić information content (AvgIpc) is 2.65. The van der Waals surface area contributed by atoms with Crippen LogP contribution in [0.5, 0.6) is 0 Å². The molecular formula is C22H19NO2. The van der Waals surface area contributed by atoms with E-state index in [2.05, 4.69) is 17.2 Å². The summed E-state index contributed by atoms with van der Waals surface area (Å²) < 4.78 is 0. The van der Waals surface area contributed by atoms with Crippen molar-refractivity contribution in [1.29, 1.82) is 0 Å². The number of carbonyl (C=O) groups is 2. The third-order valence-electron chi connectivity index (χ3n) is 3.22. The Kier molecular flexibility index (Phi) is 7.48. The van der Waals surface area contributed by atoms with Gasteiger partial charge in [0.25, 0.3) is 5.91 Å². The predicted molar refractivity (Wildman–Crippen MR) is 101 cm³/mol. The number of nitrogens with one attached hydrogen (secondary N) is 1. The summed E-state index contributed by atoms with van der Waals surface area (Å²) in [6, 6.07) is 18.3. The van der Waals surface area contributed by atoms with Crippen LogP contribution in [0.25, 0.3) is 0 Å². The summed E-state index contributed by atoms with van der Waals surface area (Å²) in [7, 11) is 0. The van der Waals surface area contributed by atoms with Crippen LogP contribution < -0.4 is 5.32 Å². The molecular weight excluding hydrogens is 310 g/mol. The highest BCUT2D eigenvalue weighted by Gasteiger charge is 1.97. The van der Waals surface area contributed by atoms with Gasteiger partial charge in [0.05, 0.1) is 0 Å². The third-order valence-corrected chi connectivity index (χ3v) is 3.22. The summed E-state index contributed by atoms with van der Waals surface area (Å²) in [5.41, 5.74) is 1.40. The van der Waals surface area contributed by atoms with Gasteiger partial charge in [-0.1, -0.05) is 72.7 Å². The number of anilines is 1. The van der Waals surface area contributed by atoms with E-state index in [1.165, 1.54) is 6.08 Å². The van der Waals surface area contributed by atoms with Crippen LogP contribution in [0.1, 0.15) is 23.2 Å². The Morgan fingerprint density at radius 3 is 2.32 bits per heavy atom. The second-order valence-electron chi connectivity index (χ2n) is 5.18. The van der Waals surface area contributed by atoms with Gasteiger partial charge in [0.2, 0.25) is 0 Å². The lowest BCUT2D eigenvalue weighted by molar-refractivity contribution is -0.111. The maximum atomic E-state index is 11.8. The maximum absolute atomic E-state index is 11.8. The van der Waals surface area contributed by atoms with E-state index in [0.717, 1.165) is 12.1 Å². The van der Waals surface area contributed by atoms with Crippen LogP contribution >= 0.6 is 0 Å². The van der Waals surface area contributed by atoms with Crippen molar-refractivity contribution < 1.29 is 9.59 Å². The highest BCUT2D eigenvalue weighted by atomic mass is 16.1. The second-order valence-corrected chi connectivity index (χ2v) is 5.18. The fourth-order valence-corrected chi connectivity index (χ4v) is 2.00. The molecule has 3 heteroatoms. The molecule has 0 aliphatic heterocycles. The van der Waals surface area contributed by atoms with Crippen LogP contribution in [-0.2, 0) is 4.79 Å². The molecule has 3 nitrogen and oxygen atoms in total. The molecule has 2 rings (SSSR count). The molecule has 124 valence electrons. The minimum atomic E-state index is -0.316. The van der Waals surface area contributed by atoms with E-state index in [4.69, 9.17) is 0 Å². The van der Waals surface area contributed by atoms with Gasteiger partial charge in [-0.3, -0.25) is 9.59 Å². The number of unbranched alkanes of at least 4 members (excludes halogenated alkanes) is 1. The third kappa shape index (κ3) is 7.15. The van der Waals surface area contributed by atoms with Crippen molar-refractivity contribution in [3.63, 3.8) is 0 Å². The molecule has 2 aromatic rings. The average molecular weight is 329 g/mol. The highest BCUT2D eigenvalue weighted by Crippen LogP contribution is 2.04. The van der Waals surface area contributed by atoms with Crippen molar-refractivity contribution in [2.75, 3.05) is 5.32 Å². The first kappa shape index (κ1) is 18.0. The molecule has 0 aliphatic rings. The number of rotatable bonds is 6. The Balaban J connectivity index is 1.67. The monoisotopic (exact) mass is 329 g/mol. The predicted octanol–water partition coefficient (Wildman–Crippen LogP) is 4.40. The van der Waals surface area contributed by atoms with Crippen LogP contribution in [-0.4, -0.2) is 11.7 Å². The van der Waals surface area contributed by atoms with Crippen molar-refractivity contribution in [1.82, 2.24) is 0 Å². The summed E-state index contributed by atoms with van der Waals surface area (Å²) in [6.07, 6.45) is 8.27. The normalized spacial score (nSPS) is 10.4. The molecule has 0 spiro atoms. The van der Waals surface area contributed by atoms with E-state index in [-0.39, 0.29) is 11.7 Å². The lowest BCUT2D eigenvalue weighted by atomic mass is 10.1. The molecule has 0 fully saturated rings. The quantitative estimate of drug-likeness (QED) is 0.281. The van der Waals surface area contributed by atoms with Crippen LogP contribution in [0.4, 0.5) is 5.69 Å². The fourth-order valence-electron chi connectivity index (χ4n) is 2.00. The fraction of sp³-hybridized carbons (Fsp3) is 0.0909. The standard InChI is InChI=1S/C22H19NO2/c24-21(19-13-7-5-8-14-19)17-11-3-1-2-4-12-18-22(25)23-20-15-9-6-10-16-20/h1,3,5-11,13-17H,2,4H2,(H,23,25). The first-order valence-corrected chi connectivity index (χ1v) is 8.03. The highest BCUT2D eigenvalue weighted by molar-refractivity contribution is 6.04. The Labute approximate surface area is 148 Å². The minimum Gasteiger partial charge on any atom is -0.315 e. The molecule has 0 saturated carbocycles. The smallest absolute Gasteiger partial charge is 0.300 e. The second kappa shape index (κ2) is 10.4. The molecule has 0 aliphatic carbocycles. The zero-order chi connectivity index (χ0) is 17.7. The van der Waals surface area contributed by atoms with Crippen LogP contribution in [0, 0.1) is 11.8 Å². The lowest BCUT2D eigenvalue weighted by Crippen LogP contribution is -2.07. The van der Waals surface area contributed by atoms with Crippen molar-refractivity contribution in [2.45, 2.75) is 12.8 Å². The van der Waals surface area contributed by atoms with Crippen molar-refractivity contribution in [2.24, 2.45) is 0 Å². The largest absolute Gasteiger partial charge is 0.315 e. The first-order valence-electron chi connectivity index (χ1n) is 8.03. The van der Waals surface area contributed by atoms with Gasteiger partial charge in [0.15, 0.2) is 5.78 Å². The van der Waals surface area contributed by atoms with Gasteiger partial charge >= 0.3 is 0 Å². The van der Waals surface area contributed by atoms with Crippen molar-refractivity contribution >= 4 is 17.4 Å². The number of amides is 1. The van der Waals surface area contributed by atoms with Crippen molar-refractivity contribution in [3.05, 3.63) is 90.5 Å². The zero-order valence-corrected chi connectivity index (χ0v) is 13.8. The Morgan fingerprint density at radius 2 is 1.60 bits per heavy atom. The number of allylic oxidation sites excluding steroid dienone is 4. The van der Waals surface area contributed by atoms with Gasteiger partial charge in [-0.05, 0) is 30.6 Å². The molecule has 2 aromatic carbocycles. The van der Waals surface area contributed by atoms with E-state index >= 15 is 0 Å². The number of hydrogen-bond acceptors (Lipinski definition) is 2. The Bertz CT molecular complexity index is 809. The SMILES string of the molecule is O=C(C#CCCC=CC=CC(=O)c1ccccc1)Nc1ccccc1. The van der Waals surface area contributed by atoms with Gasteiger partial charge in [0.1, 0.15) is 0 Å². The van der Waals surface area contributed by atoms with Crippen molar-refractivity contribution in [3.8, 4) is 11.8 Å². The van der Waals surface area contributed by atoms with Crippen LogP contribution in [0.3, 0.4) is 0 Å². The molecule has 0 unspecified atom stereocenters. The summed E-state index contributed by atoms with van der Waals surface area (Å²) in [5.74, 6) is 5.04.